The van der Waals surface area contributed by atoms with Gasteiger partial charge in [-0.15, -0.1) is 0 Å². The first kappa shape index (κ1) is 21.0. The van der Waals surface area contributed by atoms with Crippen LogP contribution in [0.5, 0.6) is 0 Å². The van der Waals surface area contributed by atoms with Crippen molar-refractivity contribution in [2.75, 3.05) is 0 Å². The molecule has 0 spiro atoms. The average Bonchev–Trinajstić information content (AvgIpc) is 2.47. The predicted molar refractivity (Wildman–Crippen MR) is 98.7 cm³/mol. The van der Waals surface area contributed by atoms with E-state index in [2.05, 4.69) is 34.6 Å². The van der Waals surface area contributed by atoms with Crippen molar-refractivity contribution in [3.63, 3.8) is 0 Å². The molecule has 0 aromatic carbocycles. The molecule has 1 unspecified atom stereocenters. The molecule has 0 bridgehead atoms. The summed E-state index contributed by atoms with van der Waals surface area (Å²) in [5.41, 5.74) is 0.510. The first-order valence-electron chi connectivity index (χ1n) is 9.87. The van der Waals surface area contributed by atoms with Crippen LogP contribution in [0.15, 0.2) is 0 Å². The van der Waals surface area contributed by atoms with E-state index in [1.54, 1.807) is 5.92 Å². The number of unbranched alkanes of at least 4 members (excludes halogenated alkanes) is 10. The highest BCUT2D eigenvalue weighted by Crippen LogP contribution is 2.39. The van der Waals surface area contributed by atoms with Gasteiger partial charge in [0.1, 0.15) is 0 Å². The van der Waals surface area contributed by atoms with Crippen LogP contribution in [-0.2, 0) is 0 Å². The van der Waals surface area contributed by atoms with E-state index in [0.29, 0.717) is 5.41 Å². The second-order valence-corrected chi connectivity index (χ2v) is 7.60. The third kappa shape index (κ3) is 11.2. The van der Waals surface area contributed by atoms with E-state index in [1.165, 1.54) is 89.9 Å². The lowest BCUT2D eigenvalue weighted by molar-refractivity contribution is 0.272. The Morgan fingerprint density at radius 3 is 1.38 bits per heavy atom. The van der Waals surface area contributed by atoms with Crippen LogP contribution in [0, 0.1) is 11.3 Å². The van der Waals surface area contributed by atoms with Gasteiger partial charge in [0.25, 0.3) is 0 Å². The summed E-state index contributed by atoms with van der Waals surface area (Å²) in [6, 6.07) is 0. The van der Waals surface area contributed by atoms with Gasteiger partial charge >= 0.3 is 0 Å². The van der Waals surface area contributed by atoms with E-state index in [0.717, 1.165) is 0 Å². The first-order valence-corrected chi connectivity index (χ1v) is 9.87. The maximum Gasteiger partial charge on any atom is -0.0244 e. The Bertz CT molecular complexity index is 206. The molecular weight excluding hydrogens is 252 g/mol. The van der Waals surface area contributed by atoms with Crippen molar-refractivity contribution in [1.82, 2.24) is 0 Å². The second-order valence-electron chi connectivity index (χ2n) is 7.60. The molecule has 0 saturated carbocycles. The molecule has 1 radical (unpaired) electrons. The molecule has 0 aliphatic heterocycles. The summed E-state index contributed by atoms with van der Waals surface area (Å²) in [5.74, 6) is 1.65. The standard InChI is InChI=1S/C21H43/c1-6-8-10-11-12-13-14-15-16-17-19-21(5,20(3)4)18-9-7-2/h6-19H2,1-5H3. The fourth-order valence-electron chi connectivity index (χ4n) is 3.19. The molecule has 0 nitrogen and oxygen atoms in total. The predicted octanol–water partition coefficient (Wildman–Crippen LogP) is 8.11. The summed E-state index contributed by atoms with van der Waals surface area (Å²) < 4.78 is 0. The summed E-state index contributed by atoms with van der Waals surface area (Å²) >= 11 is 0. The summed E-state index contributed by atoms with van der Waals surface area (Å²) in [7, 11) is 0. The fourth-order valence-corrected chi connectivity index (χ4v) is 3.19. The van der Waals surface area contributed by atoms with Crippen LogP contribution in [0.25, 0.3) is 0 Å². The van der Waals surface area contributed by atoms with E-state index < -0.39 is 0 Å². The Balaban J connectivity index is 3.54. The minimum absolute atomic E-state index is 0.510. The van der Waals surface area contributed by atoms with Crippen molar-refractivity contribution in [2.24, 2.45) is 5.41 Å². The smallest absolute Gasteiger partial charge is 0.0244 e. The van der Waals surface area contributed by atoms with E-state index in [9.17, 15) is 0 Å². The average molecular weight is 296 g/mol. The molecule has 0 fully saturated rings. The molecule has 0 saturated heterocycles. The summed E-state index contributed by atoms with van der Waals surface area (Å²) in [4.78, 5) is 0. The molecule has 0 aliphatic carbocycles. The normalized spacial score (nSPS) is 14.6. The van der Waals surface area contributed by atoms with Crippen molar-refractivity contribution >= 4 is 0 Å². The van der Waals surface area contributed by atoms with E-state index in [1.807, 2.05) is 0 Å². The van der Waals surface area contributed by atoms with Crippen molar-refractivity contribution in [3.8, 4) is 0 Å². The molecule has 0 aromatic heterocycles. The highest BCUT2D eigenvalue weighted by molar-refractivity contribution is 4.97. The van der Waals surface area contributed by atoms with Crippen molar-refractivity contribution in [3.05, 3.63) is 5.92 Å². The molecule has 0 heterocycles. The zero-order valence-corrected chi connectivity index (χ0v) is 15.9. The fraction of sp³-hybridized carbons (Fsp3) is 0.952. The van der Waals surface area contributed by atoms with Gasteiger partial charge in [0, 0.05) is 0 Å². The molecule has 0 amide bonds. The quantitative estimate of drug-likeness (QED) is 0.268. The minimum atomic E-state index is 0.510. The van der Waals surface area contributed by atoms with Crippen molar-refractivity contribution < 1.29 is 0 Å². The maximum absolute atomic E-state index is 2.49. The molecule has 0 aromatic rings. The van der Waals surface area contributed by atoms with E-state index in [-0.39, 0.29) is 0 Å². The molecule has 1 atom stereocenters. The largest absolute Gasteiger partial charge is 0.0654 e. The number of rotatable bonds is 15. The number of hydrogen-bond acceptors (Lipinski definition) is 0. The molecule has 127 valence electrons. The van der Waals surface area contributed by atoms with E-state index >= 15 is 0 Å². The minimum Gasteiger partial charge on any atom is -0.0654 e. The molecular formula is C21H43. The monoisotopic (exact) mass is 295 g/mol. The third-order valence-corrected chi connectivity index (χ3v) is 5.37. The summed E-state index contributed by atoms with van der Waals surface area (Å²) in [6.07, 6.45) is 20.0. The summed E-state index contributed by atoms with van der Waals surface area (Å²) in [5, 5.41) is 0. The lowest BCUT2D eigenvalue weighted by Crippen LogP contribution is -2.22. The molecule has 0 aliphatic rings. The van der Waals surface area contributed by atoms with Crippen LogP contribution in [0.4, 0.5) is 0 Å². The Kier molecular flexibility index (Phi) is 13.6. The van der Waals surface area contributed by atoms with Gasteiger partial charge in [0.15, 0.2) is 0 Å². The molecule has 21 heavy (non-hydrogen) atoms. The zero-order valence-electron chi connectivity index (χ0n) is 15.9. The van der Waals surface area contributed by atoms with Gasteiger partial charge in [0.2, 0.25) is 0 Å². The lowest BCUT2D eigenvalue weighted by Gasteiger charge is -2.33. The highest BCUT2D eigenvalue weighted by atomic mass is 14.3. The van der Waals surface area contributed by atoms with Gasteiger partial charge < -0.3 is 0 Å². The van der Waals surface area contributed by atoms with Crippen LogP contribution < -0.4 is 0 Å². The van der Waals surface area contributed by atoms with Gasteiger partial charge in [-0.05, 0) is 24.2 Å². The Morgan fingerprint density at radius 1 is 0.571 bits per heavy atom. The SMILES string of the molecule is CCCCCCCCCCCCC(C)(CCCC)[C](C)C. The van der Waals surface area contributed by atoms with Crippen molar-refractivity contribution in [2.45, 2.75) is 125 Å². The zero-order chi connectivity index (χ0) is 16.0. The van der Waals surface area contributed by atoms with Crippen LogP contribution in [0.3, 0.4) is 0 Å². The van der Waals surface area contributed by atoms with Gasteiger partial charge in [-0.25, -0.2) is 0 Å². The van der Waals surface area contributed by atoms with Crippen LogP contribution in [-0.4, -0.2) is 0 Å². The topological polar surface area (TPSA) is 0 Å². The van der Waals surface area contributed by atoms with Gasteiger partial charge in [0.05, 0.1) is 0 Å². The first-order chi connectivity index (χ1) is 10.1. The van der Waals surface area contributed by atoms with Crippen molar-refractivity contribution in [1.29, 1.82) is 0 Å². The van der Waals surface area contributed by atoms with Gasteiger partial charge in [-0.3, -0.25) is 0 Å². The molecule has 0 N–H and O–H groups in total. The highest BCUT2D eigenvalue weighted by Gasteiger charge is 2.27. The van der Waals surface area contributed by atoms with Crippen LogP contribution in [0.2, 0.25) is 0 Å². The Hall–Kier alpha value is 0. The van der Waals surface area contributed by atoms with Gasteiger partial charge in [-0.2, -0.15) is 0 Å². The third-order valence-electron chi connectivity index (χ3n) is 5.37. The molecule has 0 rings (SSSR count). The van der Waals surface area contributed by atoms with E-state index in [4.69, 9.17) is 0 Å². The summed E-state index contributed by atoms with van der Waals surface area (Å²) in [6.45, 7) is 11.8. The number of hydrogen-bond donors (Lipinski definition) is 0. The van der Waals surface area contributed by atoms with Gasteiger partial charge in [-0.1, -0.05) is 112 Å². The maximum atomic E-state index is 2.49. The Morgan fingerprint density at radius 2 is 0.952 bits per heavy atom. The molecule has 0 heteroatoms. The lowest BCUT2D eigenvalue weighted by atomic mass is 9.71. The van der Waals surface area contributed by atoms with Crippen LogP contribution >= 0.6 is 0 Å². The second kappa shape index (κ2) is 13.6. The van der Waals surface area contributed by atoms with Crippen LogP contribution in [0.1, 0.15) is 125 Å². The Labute approximate surface area is 136 Å².